The molecule has 0 unspecified atom stereocenters. The van der Waals surface area contributed by atoms with Crippen LogP contribution in [0, 0.1) is 18.8 Å². The lowest BCUT2D eigenvalue weighted by Gasteiger charge is -2.29. The Bertz CT molecular complexity index is 1370. The van der Waals surface area contributed by atoms with E-state index in [2.05, 4.69) is 5.32 Å². The van der Waals surface area contributed by atoms with Crippen LogP contribution in [-0.4, -0.2) is 22.7 Å². The average Bonchev–Trinajstić information content (AvgIpc) is 3.39. The molecule has 0 saturated carbocycles. The van der Waals surface area contributed by atoms with Crippen molar-refractivity contribution in [2.24, 2.45) is 11.8 Å². The number of imide groups is 1. The number of nitrogens with one attached hydrogen (secondary N) is 1. The highest BCUT2D eigenvalue weighted by molar-refractivity contribution is 7.80. The Morgan fingerprint density at radius 1 is 0.882 bits per heavy atom. The maximum Gasteiger partial charge on any atom is 0.258 e. The van der Waals surface area contributed by atoms with Crippen molar-refractivity contribution >= 4 is 46.3 Å². The second-order valence-corrected chi connectivity index (χ2v) is 9.43. The van der Waals surface area contributed by atoms with Gasteiger partial charge in [0.15, 0.2) is 5.54 Å². The lowest BCUT2D eigenvalue weighted by molar-refractivity contribution is -0.132. The molecule has 3 aliphatic rings. The molecule has 3 aliphatic heterocycles. The summed E-state index contributed by atoms with van der Waals surface area (Å²) in [6, 6.07) is 24.3. The fourth-order valence-electron chi connectivity index (χ4n) is 5.49. The number of hydrogen-bond acceptors (Lipinski definition) is 4. The summed E-state index contributed by atoms with van der Waals surface area (Å²) >= 11 is 5.59. The zero-order chi connectivity index (χ0) is 23.6. The first-order valence-electron chi connectivity index (χ1n) is 11.2. The number of hydrogen-bond donors (Lipinski definition) is 1. The molecule has 6 rings (SSSR count). The largest absolute Gasteiger partial charge is 0.361 e. The van der Waals surface area contributed by atoms with Gasteiger partial charge in [-0.05, 0) is 30.7 Å². The quantitative estimate of drug-likeness (QED) is 0.472. The molecule has 3 heterocycles. The number of aryl methyl sites for hydroxylation is 1. The summed E-state index contributed by atoms with van der Waals surface area (Å²) in [5.41, 5.74) is 2.48. The highest BCUT2D eigenvalue weighted by Crippen LogP contribution is 2.54. The molecule has 1 spiro atoms. The molecule has 6 nitrogen and oxygen atoms in total. The van der Waals surface area contributed by atoms with Gasteiger partial charge in [0.1, 0.15) is 5.92 Å². The predicted molar refractivity (Wildman–Crippen MR) is 132 cm³/mol. The van der Waals surface area contributed by atoms with E-state index in [0.29, 0.717) is 17.8 Å². The Morgan fingerprint density at radius 3 is 2.29 bits per heavy atom. The van der Waals surface area contributed by atoms with Crippen molar-refractivity contribution in [2.45, 2.75) is 19.0 Å². The van der Waals surface area contributed by atoms with Crippen molar-refractivity contribution in [3.05, 3.63) is 95.6 Å². The zero-order valence-corrected chi connectivity index (χ0v) is 19.2. The van der Waals surface area contributed by atoms with E-state index in [0.717, 1.165) is 16.8 Å². The molecule has 7 heteroatoms. The van der Waals surface area contributed by atoms with Crippen molar-refractivity contribution in [3.63, 3.8) is 0 Å². The highest BCUT2D eigenvalue weighted by Gasteiger charge is 2.71. The van der Waals surface area contributed by atoms with Gasteiger partial charge in [0.25, 0.3) is 5.91 Å². The van der Waals surface area contributed by atoms with Gasteiger partial charge in [0, 0.05) is 5.56 Å². The maximum atomic E-state index is 14.1. The SMILES string of the molecule is Cc1ccc(N2C(=O)[C@@H]3C(=S)N[C@@]4(C(=O)N(Cc5ccccc5)c5ccccc54)[C@@H]3C2=O)cc1. The van der Waals surface area contributed by atoms with Crippen LogP contribution in [-0.2, 0) is 26.5 Å². The fourth-order valence-corrected chi connectivity index (χ4v) is 5.89. The molecular formula is C27H21N3O3S. The van der Waals surface area contributed by atoms with Gasteiger partial charge >= 0.3 is 0 Å². The number of thiocarbonyl (C=S) groups is 1. The van der Waals surface area contributed by atoms with Crippen LogP contribution in [0.3, 0.4) is 0 Å². The number of nitrogens with zero attached hydrogens (tertiary/aromatic N) is 2. The Kier molecular flexibility index (Phi) is 4.47. The van der Waals surface area contributed by atoms with Crippen molar-refractivity contribution in [3.8, 4) is 0 Å². The van der Waals surface area contributed by atoms with E-state index < -0.39 is 23.3 Å². The van der Waals surface area contributed by atoms with E-state index in [1.165, 1.54) is 4.90 Å². The summed E-state index contributed by atoms with van der Waals surface area (Å²) in [6.07, 6.45) is 0. The van der Waals surface area contributed by atoms with Crippen LogP contribution in [0.5, 0.6) is 0 Å². The molecule has 3 aromatic rings. The lowest BCUT2D eigenvalue weighted by atomic mass is 9.77. The van der Waals surface area contributed by atoms with Crippen LogP contribution >= 0.6 is 12.2 Å². The van der Waals surface area contributed by atoms with Gasteiger partial charge in [-0.25, -0.2) is 4.90 Å². The molecule has 0 radical (unpaired) electrons. The number of carbonyl (C=O) groups excluding carboxylic acids is 3. The number of benzene rings is 3. The second kappa shape index (κ2) is 7.33. The summed E-state index contributed by atoms with van der Waals surface area (Å²) in [5, 5.41) is 3.17. The molecule has 0 aliphatic carbocycles. The summed E-state index contributed by atoms with van der Waals surface area (Å²) in [4.78, 5) is 44.6. The van der Waals surface area contributed by atoms with Crippen molar-refractivity contribution < 1.29 is 14.4 Å². The minimum Gasteiger partial charge on any atom is -0.361 e. The molecule has 1 N–H and O–H groups in total. The summed E-state index contributed by atoms with van der Waals surface area (Å²) in [7, 11) is 0. The van der Waals surface area contributed by atoms with Crippen LogP contribution in [0.25, 0.3) is 0 Å². The number of para-hydroxylation sites is 1. The minimum atomic E-state index is -1.40. The van der Waals surface area contributed by atoms with Crippen LogP contribution in [0.4, 0.5) is 11.4 Å². The molecule has 3 atom stereocenters. The summed E-state index contributed by atoms with van der Waals surface area (Å²) in [6.45, 7) is 2.30. The number of amides is 3. The molecule has 168 valence electrons. The monoisotopic (exact) mass is 467 g/mol. The van der Waals surface area contributed by atoms with Gasteiger partial charge in [-0.3, -0.25) is 14.4 Å². The Balaban J connectivity index is 1.47. The molecule has 3 amide bonds. The smallest absolute Gasteiger partial charge is 0.258 e. The maximum absolute atomic E-state index is 14.1. The van der Waals surface area contributed by atoms with Gasteiger partial charge in [-0.1, -0.05) is 78.4 Å². The topological polar surface area (TPSA) is 69.7 Å². The third kappa shape index (κ3) is 2.67. The van der Waals surface area contributed by atoms with E-state index >= 15 is 0 Å². The molecular weight excluding hydrogens is 446 g/mol. The normalized spacial score (nSPS) is 25.2. The Labute approximate surface area is 202 Å². The van der Waals surface area contributed by atoms with Crippen LogP contribution in [0.1, 0.15) is 16.7 Å². The first-order chi connectivity index (χ1) is 16.4. The number of anilines is 2. The highest BCUT2D eigenvalue weighted by atomic mass is 32.1. The number of rotatable bonds is 3. The Hall–Kier alpha value is -3.84. The third-order valence-corrected chi connectivity index (χ3v) is 7.41. The predicted octanol–water partition coefficient (Wildman–Crippen LogP) is 3.47. The van der Waals surface area contributed by atoms with E-state index in [4.69, 9.17) is 12.2 Å². The van der Waals surface area contributed by atoms with Gasteiger partial charge in [-0.15, -0.1) is 0 Å². The number of carbonyl (C=O) groups is 3. The molecule has 0 bridgehead atoms. The minimum absolute atomic E-state index is 0.239. The van der Waals surface area contributed by atoms with E-state index in [1.54, 1.807) is 17.0 Å². The summed E-state index contributed by atoms with van der Waals surface area (Å²) in [5.74, 6) is -2.88. The van der Waals surface area contributed by atoms with Crippen molar-refractivity contribution in [2.75, 3.05) is 9.80 Å². The Morgan fingerprint density at radius 2 is 1.56 bits per heavy atom. The first-order valence-corrected chi connectivity index (χ1v) is 11.6. The van der Waals surface area contributed by atoms with E-state index in [9.17, 15) is 14.4 Å². The average molecular weight is 468 g/mol. The lowest BCUT2D eigenvalue weighted by Crippen LogP contribution is -2.54. The van der Waals surface area contributed by atoms with Crippen molar-refractivity contribution in [1.82, 2.24) is 5.32 Å². The molecule has 3 aromatic carbocycles. The van der Waals surface area contributed by atoms with Crippen molar-refractivity contribution in [1.29, 1.82) is 0 Å². The summed E-state index contributed by atoms with van der Waals surface area (Å²) < 4.78 is 0. The van der Waals surface area contributed by atoms with Gasteiger partial charge in [-0.2, -0.15) is 0 Å². The van der Waals surface area contributed by atoms with E-state index in [1.807, 2.05) is 73.7 Å². The zero-order valence-electron chi connectivity index (χ0n) is 18.4. The molecule has 2 saturated heterocycles. The molecule has 2 fully saturated rings. The van der Waals surface area contributed by atoms with Gasteiger partial charge < -0.3 is 10.2 Å². The third-order valence-electron chi connectivity index (χ3n) is 7.05. The van der Waals surface area contributed by atoms with Crippen LogP contribution in [0.15, 0.2) is 78.9 Å². The van der Waals surface area contributed by atoms with Gasteiger partial charge in [0.05, 0.1) is 28.8 Å². The van der Waals surface area contributed by atoms with Crippen LogP contribution < -0.4 is 15.1 Å². The molecule has 0 aromatic heterocycles. The first kappa shape index (κ1) is 20.7. The standard InChI is InChI=1S/C27H21N3O3S/c1-16-11-13-18(14-12-16)30-24(31)21-22(25(30)32)27(28-23(21)34)19-9-5-6-10-20(19)29(26(27)33)15-17-7-3-2-4-8-17/h2-14,21-22H,15H2,1H3,(H,28,34)/t21-,22-,27+/m0/s1. The van der Waals surface area contributed by atoms with Crippen LogP contribution in [0.2, 0.25) is 0 Å². The van der Waals surface area contributed by atoms with Gasteiger partial charge in [0.2, 0.25) is 11.8 Å². The number of fused-ring (bicyclic) bond motifs is 4. The molecule has 34 heavy (non-hydrogen) atoms. The fraction of sp³-hybridized carbons (Fsp3) is 0.185. The second-order valence-electron chi connectivity index (χ2n) is 8.99. The van der Waals surface area contributed by atoms with E-state index in [-0.39, 0.29) is 16.8 Å².